The van der Waals surface area contributed by atoms with Crippen molar-refractivity contribution in [2.45, 2.75) is 20.0 Å². The zero-order valence-electron chi connectivity index (χ0n) is 16.8. The van der Waals surface area contributed by atoms with Crippen molar-refractivity contribution in [1.82, 2.24) is 14.1 Å². The smallest absolute Gasteiger partial charge is 0.332 e. The van der Waals surface area contributed by atoms with E-state index in [4.69, 9.17) is 4.74 Å². The Balaban J connectivity index is 1.67. The molecule has 3 heterocycles. The highest BCUT2D eigenvalue weighted by Crippen LogP contribution is 2.16. The number of thiophene rings is 1. The Bertz CT molecular complexity index is 1320. The second-order valence-corrected chi connectivity index (χ2v) is 7.75. The van der Waals surface area contributed by atoms with Crippen molar-refractivity contribution in [3.63, 3.8) is 0 Å². The summed E-state index contributed by atoms with van der Waals surface area (Å²) in [4.78, 5) is 43.7. The van der Waals surface area contributed by atoms with Crippen LogP contribution in [-0.4, -0.2) is 26.6 Å². The van der Waals surface area contributed by atoms with E-state index in [-0.39, 0.29) is 18.6 Å². The monoisotopic (exact) mass is 436 g/mol. The fourth-order valence-corrected chi connectivity index (χ4v) is 3.93. The predicted molar refractivity (Wildman–Crippen MR) is 120 cm³/mol. The molecular formula is C22H20N4O4S. The van der Waals surface area contributed by atoms with Crippen molar-refractivity contribution in [2.75, 3.05) is 11.9 Å². The van der Waals surface area contributed by atoms with Crippen LogP contribution in [0.5, 0.6) is 5.75 Å². The van der Waals surface area contributed by atoms with Gasteiger partial charge in [-0.05, 0) is 54.8 Å². The first-order chi connectivity index (χ1) is 15.1. The summed E-state index contributed by atoms with van der Waals surface area (Å²) >= 11 is 1.45. The minimum absolute atomic E-state index is 0.127. The van der Waals surface area contributed by atoms with E-state index in [1.165, 1.54) is 22.1 Å². The Morgan fingerprint density at radius 1 is 1.10 bits per heavy atom. The Hall–Kier alpha value is -3.72. The fraction of sp³-hybridized carbons (Fsp3) is 0.182. The number of anilines is 1. The van der Waals surface area contributed by atoms with Crippen molar-refractivity contribution >= 4 is 34.0 Å². The molecule has 0 unspecified atom stereocenters. The molecule has 0 radical (unpaired) electrons. The first-order valence-corrected chi connectivity index (χ1v) is 10.6. The topological polar surface area (TPSA) is 95.2 Å². The van der Waals surface area contributed by atoms with Crippen LogP contribution in [0.4, 0.5) is 5.69 Å². The van der Waals surface area contributed by atoms with Gasteiger partial charge in [-0.25, -0.2) is 9.78 Å². The number of hydrogen-bond donors (Lipinski definition) is 1. The summed E-state index contributed by atoms with van der Waals surface area (Å²) in [5.74, 6) is 0.312. The highest BCUT2D eigenvalue weighted by atomic mass is 32.1. The molecule has 158 valence electrons. The number of carbonyl (C=O) groups is 1. The second-order valence-electron chi connectivity index (χ2n) is 6.72. The maximum Gasteiger partial charge on any atom is 0.332 e. The Morgan fingerprint density at radius 2 is 1.90 bits per heavy atom. The predicted octanol–water partition coefficient (Wildman–Crippen LogP) is 2.71. The van der Waals surface area contributed by atoms with E-state index in [9.17, 15) is 14.4 Å². The molecule has 0 fully saturated rings. The van der Waals surface area contributed by atoms with Crippen LogP contribution >= 0.6 is 11.3 Å². The van der Waals surface area contributed by atoms with Crippen LogP contribution in [0, 0.1) is 0 Å². The average Bonchev–Trinajstić information content (AvgIpc) is 3.29. The summed E-state index contributed by atoms with van der Waals surface area (Å²) < 4.78 is 7.79. The van der Waals surface area contributed by atoms with Gasteiger partial charge in [-0.15, -0.1) is 11.3 Å². The first kappa shape index (κ1) is 20.5. The Morgan fingerprint density at radius 3 is 2.61 bits per heavy atom. The van der Waals surface area contributed by atoms with Crippen LogP contribution < -0.4 is 21.3 Å². The van der Waals surface area contributed by atoms with Gasteiger partial charge in [-0.3, -0.25) is 18.7 Å². The molecule has 1 N–H and O–H groups in total. The van der Waals surface area contributed by atoms with Crippen molar-refractivity contribution in [3.8, 4) is 5.75 Å². The van der Waals surface area contributed by atoms with E-state index in [0.29, 0.717) is 23.6 Å². The molecule has 1 amide bonds. The highest BCUT2D eigenvalue weighted by molar-refractivity contribution is 7.09. The number of ether oxygens (including phenoxy) is 1. The van der Waals surface area contributed by atoms with Gasteiger partial charge in [-0.2, -0.15) is 0 Å². The molecule has 0 saturated heterocycles. The lowest BCUT2D eigenvalue weighted by Gasteiger charge is -2.13. The third-order valence-corrected chi connectivity index (χ3v) is 5.49. The van der Waals surface area contributed by atoms with E-state index in [1.54, 1.807) is 36.4 Å². The maximum atomic E-state index is 13.1. The third kappa shape index (κ3) is 4.41. The largest absolute Gasteiger partial charge is 0.494 e. The number of fused-ring (bicyclic) bond motifs is 1. The minimum atomic E-state index is -0.555. The number of aromatic nitrogens is 3. The Labute approximate surface area is 181 Å². The molecule has 4 aromatic rings. The number of benzene rings is 1. The van der Waals surface area contributed by atoms with Gasteiger partial charge in [0.1, 0.15) is 12.3 Å². The number of nitrogens with one attached hydrogen (secondary N) is 1. The summed E-state index contributed by atoms with van der Waals surface area (Å²) in [5.41, 5.74) is 0.0167. The molecule has 9 heteroatoms. The zero-order valence-corrected chi connectivity index (χ0v) is 17.6. The van der Waals surface area contributed by atoms with Gasteiger partial charge in [0.15, 0.2) is 5.52 Å². The summed E-state index contributed by atoms with van der Waals surface area (Å²) in [7, 11) is 0. The van der Waals surface area contributed by atoms with Crippen LogP contribution in [0.3, 0.4) is 0 Å². The van der Waals surface area contributed by atoms with Crippen LogP contribution in [0.15, 0.2) is 69.7 Å². The number of nitrogens with zero attached hydrogens (tertiary/aromatic N) is 3. The molecule has 4 rings (SSSR count). The molecule has 0 saturated carbocycles. The molecule has 0 bridgehead atoms. The van der Waals surface area contributed by atoms with Gasteiger partial charge in [0.05, 0.1) is 18.7 Å². The number of rotatable bonds is 7. The zero-order chi connectivity index (χ0) is 21.8. The average molecular weight is 436 g/mol. The lowest BCUT2D eigenvalue weighted by Crippen LogP contribution is -2.42. The van der Waals surface area contributed by atoms with Crippen LogP contribution in [0.1, 0.15) is 11.8 Å². The third-order valence-electron chi connectivity index (χ3n) is 4.63. The van der Waals surface area contributed by atoms with Gasteiger partial charge in [0, 0.05) is 16.8 Å². The quantitative estimate of drug-likeness (QED) is 0.481. The van der Waals surface area contributed by atoms with E-state index in [1.807, 2.05) is 24.4 Å². The summed E-state index contributed by atoms with van der Waals surface area (Å²) in [6, 6.07) is 13.9. The van der Waals surface area contributed by atoms with Gasteiger partial charge in [-0.1, -0.05) is 6.07 Å². The molecule has 0 aliphatic carbocycles. The highest BCUT2D eigenvalue weighted by Gasteiger charge is 2.17. The fourth-order valence-electron chi connectivity index (χ4n) is 3.24. The lowest BCUT2D eigenvalue weighted by atomic mass is 10.3. The molecular weight excluding hydrogens is 416 g/mol. The molecule has 0 aliphatic rings. The standard InChI is InChI=1S/C22H20N4O4S/c1-2-30-16-9-7-15(8-10-16)24-19(27)14-25-18-6-3-11-23-20(18)21(28)26(22(25)29)13-17-5-4-12-31-17/h3-12H,2,13-14H2,1H3,(H,24,27). The van der Waals surface area contributed by atoms with E-state index >= 15 is 0 Å². The van der Waals surface area contributed by atoms with Gasteiger partial charge < -0.3 is 10.1 Å². The van der Waals surface area contributed by atoms with Crippen molar-refractivity contribution < 1.29 is 9.53 Å². The first-order valence-electron chi connectivity index (χ1n) is 9.70. The number of carbonyl (C=O) groups excluding carboxylic acids is 1. The molecule has 8 nitrogen and oxygen atoms in total. The molecule has 1 aromatic carbocycles. The lowest BCUT2D eigenvalue weighted by molar-refractivity contribution is -0.116. The van der Waals surface area contributed by atoms with Gasteiger partial charge in [0.2, 0.25) is 5.91 Å². The Kier molecular flexibility index (Phi) is 5.94. The normalized spacial score (nSPS) is 10.9. The summed E-state index contributed by atoms with van der Waals surface area (Å²) in [6.07, 6.45) is 1.49. The minimum Gasteiger partial charge on any atom is -0.494 e. The summed E-state index contributed by atoms with van der Waals surface area (Å²) in [5, 5.41) is 4.65. The van der Waals surface area contributed by atoms with E-state index < -0.39 is 17.2 Å². The molecule has 31 heavy (non-hydrogen) atoms. The summed E-state index contributed by atoms with van der Waals surface area (Å²) in [6.45, 7) is 2.32. The van der Waals surface area contributed by atoms with Crippen LogP contribution in [0.25, 0.3) is 11.0 Å². The van der Waals surface area contributed by atoms with Crippen LogP contribution in [0.2, 0.25) is 0 Å². The molecule has 0 atom stereocenters. The molecule has 0 aliphatic heterocycles. The van der Waals surface area contributed by atoms with Crippen molar-refractivity contribution in [1.29, 1.82) is 0 Å². The molecule has 3 aromatic heterocycles. The van der Waals surface area contributed by atoms with Gasteiger partial charge in [0.25, 0.3) is 5.56 Å². The maximum absolute atomic E-state index is 13.1. The van der Waals surface area contributed by atoms with Crippen molar-refractivity contribution in [2.24, 2.45) is 0 Å². The van der Waals surface area contributed by atoms with Crippen LogP contribution in [-0.2, 0) is 17.9 Å². The SMILES string of the molecule is CCOc1ccc(NC(=O)Cn2c(=O)n(Cc3cccs3)c(=O)c3ncccc32)cc1. The number of hydrogen-bond acceptors (Lipinski definition) is 6. The molecule has 0 spiro atoms. The second kappa shape index (κ2) is 8.97. The van der Waals surface area contributed by atoms with Crippen molar-refractivity contribution in [3.05, 3.63) is 85.8 Å². The van der Waals surface area contributed by atoms with E-state index in [2.05, 4.69) is 10.3 Å². The van der Waals surface area contributed by atoms with E-state index in [0.717, 1.165) is 9.44 Å². The number of pyridine rings is 1. The van der Waals surface area contributed by atoms with Gasteiger partial charge >= 0.3 is 5.69 Å². The number of amides is 1.